The number of carbonyl (C=O) groups excluding carboxylic acids is 1. The number of aliphatic hydroxyl groups is 2. The maximum atomic E-state index is 11.0. The molecule has 0 rings (SSSR count). The summed E-state index contributed by atoms with van der Waals surface area (Å²) >= 11 is 0. The number of ether oxygens (including phenoxy) is 1. The topological polar surface area (TPSA) is 66.8 Å². The summed E-state index contributed by atoms with van der Waals surface area (Å²) in [5.74, 6) is -0.733. The van der Waals surface area contributed by atoms with E-state index in [4.69, 9.17) is 14.9 Å². The van der Waals surface area contributed by atoms with Crippen LogP contribution in [0.2, 0.25) is 0 Å². The van der Waals surface area contributed by atoms with Crippen molar-refractivity contribution in [1.29, 1.82) is 0 Å². The Morgan fingerprint density at radius 2 is 1.78 bits per heavy atom. The quantitative estimate of drug-likeness (QED) is 0.339. The lowest BCUT2D eigenvalue weighted by molar-refractivity contribution is -0.155. The van der Waals surface area contributed by atoms with E-state index in [-0.39, 0.29) is 0 Å². The van der Waals surface area contributed by atoms with Crippen LogP contribution in [0.5, 0.6) is 0 Å². The van der Waals surface area contributed by atoms with Crippen LogP contribution in [0.15, 0.2) is 12.2 Å². The number of esters is 1. The van der Waals surface area contributed by atoms with Crippen molar-refractivity contribution in [2.45, 2.75) is 58.0 Å². The van der Waals surface area contributed by atoms with Crippen LogP contribution in [0, 0.1) is 0 Å². The fourth-order valence-corrected chi connectivity index (χ4v) is 1.58. The molecule has 0 fully saturated rings. The summed E-state index contributed by atoms with van der Waals surface area (Å²) in [6.45, 7) is 1.79. The molecule has 106 valence electrons. The van der Waals surface area contributed by atoms with E-state index in [9.17, 15) is 4.79 Å². The third kappa shape index (κ3) is 10.3. The predicted molar refractivity (Wildman–Crippen MR) is 71.2 cm³/mol. The molecule has 0 aliphatic heterocycles. The molecule has 0 saturated heterocycles. The average Bonchev–Trinajstić information content (AvgIpc) is 2.39. The Balaban J connectivity index is 3.19. The van der Waals surface area contributed by atoms with Gasteiger partial charge in [0.1, 0.15) is 0 Å². The van der Waals surface area contributed by atoms with Crippen LogP contribution >= 0.6 is 0 Å². The lowest BCUT2D eigenvalue weighted by Crippen LogP contribution is -2.26. The Kier molecular flexibility index (Phi) is 12.0. The molecule has 0 aromatic rings. The van der Waals surface area contributed by atoms with Crippen molar-refractivity contribution in [2.75, 3.05) is 13.2 Å². The van der Waals surface area contributed by atoms with Gasteiger partial charge in [0.05, 0.1) is 13.2 Å². The van der Waals surface area contributed by atoms with Crippen molar-refractivity contribution in [3.8, 4) is 0 Å². The van der Waals surface area contributed by atoms with Crippen LogP contribution in [0.4, 0.5) is 0 Å². The summed E-state index contributed by atoms with van der Waals surface area (Å²) in [6, 6.07) is 0. The third-order valence-electron chi connectivity index (χ3n) is 2.69. The van der Waals surface area contributed by atoms with E-state index < -0.39 is 18.7 Å². The average molecular weight is 258 g/mol. The van der Waals surface area contributed by atoms with Gasteiger partial charge in [0.15, 0.2) is 6.10 Å². The molecule has 0 aromatic heterocycles. The molecule has 0 radical (unpaired) electrons. The summed E-state index contributed by atoms with van der Waals surface area (Å²) in [4.78, 5) is 11.0. The van der Waals surface area contributed by atoms with Gasteiger partial charge in [0.25, 0.3) is 0 Å². The van der Waals surface area contributed by atoms with Crippen LogP contribution in [0.25, 0.3) is 0 Å². The molecule has 18 heavy (non-hydrogen) atoms. The van der Waals surface area contributed by atoms with Crippen LogP contribution in [0.1, 0.15) is 51.9 Å². The number of rotatable bonds is 11. The van der Waals surface area contributed by atoms with Crippen LogP contribution in [-0.4, -0.2) is 35.5 Å². The van der Waals surface area contributed by atoms with Gasteiger partial charge in [0, 0.05) is 0 Å². The minimum Gasteiger partial charge on any atom is -0.464 e. The Hall–Kier alpha value is -0.870. The summed E-state index contributed by atoms with van der Waals surface area (Å²) in [5.41, 5.74) is 0. The maximum absolute atomic E-state index is 11.0. The molecular weight excluding hydrogens is 232 g/mol. The normalized spacial score (nSPS) is 12.8. The first-order chi connectivity index (χ1) is 8.72. The minimum absolute atomic E-state index is 0.328. The van der Waals surface area contributed by atoms with Crippen molar-refractivity contribution in [3.05, 3.63) is 12.2 Å². The van der Waals surface area contributed by atoms with Gasteiger partial charge in [-0.3, -0.25) is 0 Å². The second-order valence-electron chi connectivity index (χ2n) is 4.34. The van der Waals surface area contributed by atoms with Gasteiger partial charge in [-0.15, -0.1) is 0 Å². The summed E-state index contributed by atoms with van der Waals surface area (Å²) in [6.07, 6.45) is 10.7. The van der Waals surface area contributed by atoms with E-state index in [0.29, 0.717) is 6.61 Å². The molecule has 0 bridgehead atoms. The molecule has 0 aliphatic rings. The zero-order valence-corrected chi connectivity index (χ0v) is 11.3. The van der Waals surface area contributed by atoms with Crippen molar-refractivity contribution in [1.82, 2.24) is 0 Å². The van der Waals surface area contributed by atoms with E-state index in [1.807, 2.05) is 6.92 Å². The van der Waals surface area contributed by atoms with Crippen molar-refractivity contribution >= 4 is 5.97 Å². The standard InChI is InChI=1S/C14H26O4/c1-2-3-4-5-6-7-8-9-10-11-18-14(17)13(16)12-15/h2-3,13,15-16H,4-12H2,1H3/b3-2-/t13-/m1/s1. The van der Waals surface area contributed by atoms with Gasteiger partial charge in [-0.25, -0.2) is 4.79 Å². The van der Waals surface area contributed by atoms with Gasteiger partial charge in [-0.2, -0.15) is 0 Å². The minimum atomic E-state index is -1.39. The SMILES string of the molecule is C/C=C\CCCCCCCCOC(=O)[C@H](O)CO. The largest absolute Gasteiger partial charge is 0.464 e. The zero-order valence-electron chi connectivity index (χ0n) is 11.3. The van der Waals surface area contributed by atoms with Crippen molar-refractivity contribution < 1.29 is 19.7 Å². The van der Waals surface area contributed by atoms with E-state index in [2.05, 4.69) is 12.2 Å². The lowest BCUT2D eigenvalue weighted by atomic mass is 10.1. The van der Waals surface area contributed by atoms with E-state index >= 15 is 0 Å². The Bertz CT molecular complexity index is 226. The molecular formula is C14H26O4. The molecule has 0 unspecified atom stereocenters. The highest BCUT2D eigenvalue weighted by molar-refractivity contribution is 5.74. The molecule has 1 atom stereocenters. The fourth-order valence-electron chi connectivity index (χ4n) is 1.58. The Morgan fingerprint density at radius 3 is 2.39 bits per heavy atom. The maximum Gasteiger partial charge on any atom is 0.337 e. The predicted octanol–water partition coefficient (Wildman–Crippen LogP) is 2.19. The molecule has 0 aliphatic carbocycles. The van der Waals surface area contributed by atoms with Crippen LogP contribution in [0.3, 0.4) is 0 Å². The second kappa shape index (κ2) is 12.6. The molecule has 0 heterocycles. The van der Waals surface area contributed by atoms with Gasteiger partial charge in [0.2, 0.25) is 0 Å². The van der Waals surface area contributed by atoms with E-state index in [1.54, 1.807) is 0 Å². The van der Waals surface area contributed by atoms with Gasteiger partial charge in [-0.1, -0.05) is 37.8 Å². The van der Waals surface area contributed by atoms with Gasteiger partial charge >= 0.3 is 5.97 Å². The first-order valence-electron chi connectivity index (χ1n) is 6.79. The highest BCUT2D eigenvalue weighted by atomic mass is 16.5. The van der Waals surface area contributed by atoms with Crippen LogP contribution < -0.4 is 0 Å². The van der Waals surface area contributed by atoms with Crippen molar-refractivity contribution in [2.24, 2.45) is 0 Å². The molecule has 4 nitrogen and oxygen atoms in total. The summed E-state index contributed by atoms with van der Waals surface area (Å²) in [7, 11) is 0. The summed E-state index contributed by atoms with van der Waals surface area (Å²) < 4.78 is 4.80. The van der Waals surface area contributed by atoms with Crippen LogP contribution in [-0.2, 0) is 9.53 Å². The number of aliphatic hydroxyl groups excluding tert-OH is 2. The van der Waals surface area contributed by atoms with Gasteiger partial charge < -0.3 is 14.9 Å². The van der Waals surface area contributed by atoms with Crippen molar-refractivity contribution in [3.63, 3.8) is 0 Å². The van der Waals surface area contributed by atoms with Gasteiger partial charge in [-0.05, 0) is 26.2 Å². The summed E-state index contributed by atoms with van der Waals surface area (Å²) in [5, 5.41) is 17.5. The zero-order chi connectivity index (χ0) is 13.6. The first-order valence-corrected chi connectivity index (χ1v) is 6.79. The molecule has 0 spiro atoms. The molecule has 0 amide bonds. The third-order valence-corrected chi connectivity index (χ3v) is 2.69. The Morgan fingerprint density at radius 1 is 1.17 bits per heavy atom. The number of allylic oxidation sites excluding steroid dienone is 2. The first kappa shape index (κ1) is 17.1. The number of hydrogen-bond acceptors (Lipinski definition) is 4. The monoisotopic (exact) mass is 258 g/mol. The number of carbonyl (C=O) groups is 1. The molecule has 2 N–H and O–H groups in total. The van der Waals surface area contributed by atoms with E-state index in [1.165, 1.54) is 19.3 Å². The molecule has 0 saturated carbocycles. The Labute approximate surface area is 110 Å². The number of hydrogen-bond donors (Lipinski definition) is 2. The highest BCUT2D eigenvalue weighted by Gasteiger charge is 2.14. The van der Waals surface area contributed by atoms with E-state index in [0.717, 1.165) is 25.7 Å². The lowest BCUT2D eigenvalue weighted by Gasteiger charge is -2.07. The molecule has 4 heteroatoms. The molecule has 0 aromatic carbocycles. The second-order valence-corrected chi connectivity index (χ2v) is 4.34. The number of unbranched alkanes of at least 4 members (excludes halogenated alkanes) is 6. The smallest absolute Gasteiger partial charge is 0.337 e. The highest BCUT2D eigenvalue weighted by Crippen LogP contribution is 2.07. The fraction of sp³-hybridized carbons (Fsp3) is 0.786.